The number of hydrogen-bond donors (Lipinski definition) is 8. The minimum Gasteiger partial charge on any atom is -0.480 e. The summed E-state index contributed by atoms with van der Waals surface area (Å²) >= 11 is 0. The zero-order chi connectivity index (χ0) is 27.3. The molecule has 0 aliphatic rings. The van der Waals surface area contributed by atoms with Crippen molar-refractivity contribution in [2.24, 2.45) is 17.2 Å². The van der Waals surface area contributed by atoms with Gasteiger partial charge in [0, 0.05) is 12.8 Å². The number of benzene rings is 1. The highest BCUT2D eigenvalue weighted by atomic mass is 16.4. The Kier molecular flexibility index (Phi) is 12.5. The predicted octanol–water partition coefficient (Wildman–Crippen LogP) is -3.38. The fourth-order valence-electron chi connectivity index (χ4n) is 3.08. The Bertz CT molecular complexity index is 942. The second kappa shape index (κ2) is 15.1. The summed E-state index contributed by atoms with van der Waals surface area (Å²) in [5, 5.41) is 24.9. The lowest BCUT2D eigenvalue weighted by Crippen LogP contribution is -2.57. The largest absolute Gasteiger partial charge is 0.480 e. The van der Waals surface area contributed by atoms with Gasteiger partial charge in [-0.2, -0.15) is 0 Å². The van der Waals surface area contributed by atoms with Crippen molar-refractivity contribution >= 4 is 35.5 Å². The summed E-state index contributed by atoms with van der Waals surface area (Å²) in [5.74, 6) is -5.67. The van der Waals surface area contributed by atoms with Crippen LogP contribution in [0.3, 0.4) is 0 Å². The maximum Gasteiger partial charge on any atom is 0.328 e. The Labute approximate surface area is 206 Å². The smallest absolute Gasteiger partial charge is 0.328 e. The first kappa shape index (κ1) is 30.0. The molecule has 0 aliphatic heterocycles. The average molecular weight is 509 g/mol. The fraction of sp³-hybridized carbons (Fsp3) is 0.455. The molecule has 36 heavy (non-hydrogen) atoms. The van der Waals surface area contributed by atoms with Crippen LogP contribution < -0.4 is 33.2 Å². The Morgan fingerprint density at radius 1 is 0.750 bits per heavy atom. The maximum atomic E-state index is 12.9. The molecule has 198 valence electrons. The molecular formula is C22H32N6O8. The van der Waals surface area contributed by atoms with Gasteiger partial charge in [0.15, 0.2) is 0 Å². The highest BCUT2D eigenvalue weighted by Gasteiger charge is 2.30. The average Bonchev–Trinajstić information content (AvgIpc) is 2.82. The molecule has 14 heteroatoms. The number of primary amides is 2. The van der Waals surface area contributed by atoms with E-state index in [-0.39, 0.29) is 32.1 Å². The SMILES string of the molecule is NC(=O)CCC(NC(=O)C(N)Cc1ccccc1)C(=O)NC(CCC(N)=O)C(=O)NC(CO)C(=O)O. The van der Waals surface area contributed by atoms with Crippen LogP contribution in [0.1, 0.15) is 31.2 Å². The van der Waals surface area contributed by atoms with E-state index in [0.717, 1.165) is 5.56 Å². The van der Waals surface area contributed by atoms with Gasteiger partial charge in [0.25, 0.3) is 0 Å². The molecular weight excluding hydrogens is 476 g/mol. The zero-order valence-electron chi connectivity index (χ0n) is 19.5. The monoisotopic (exact) mass is 508 g/mol. The van der Waals surface area contributed by atoms with Crippen LogP contribution in [0.2, 0.25) is 0 Å². The molecule has 1 rings (SSSR count). The normalized spacial score (nSPS) is 13.9. The first-order valence-electron chi connectivity index (χ1n) is 11.1. The van der Waals surface area contributed by atoms with E-state index in [1.165, 1.54) is 0 Å². The molecule has 4 unspecified atom stereocenters. The van der Waals surface area contributed by atoms with Gasteiger partial charge in [-0.1, -0.05) is 30.3 Å². The number of aliphatic hydroxyl groups excluding tert-OH is 1. The van der Waals surface area contributed by atoms with Gasteiger partial charge in [-0.3, -0.25) is 24.0 Å². The van der Waals surface area contributed by atoms with Crippen LogP contribution in [0.4, 0.5) is 0 Å². The third kappa shape index (κ3) is 10.9. The Morgan fingerprint density at radius 2 is 1.19 bits per heavy atom. The Morgan fingerprint density at radius 3 is 1.61 bits per heavy atom. The molecule has 0 saturated heterocycles. The van der Waals surface area contributed by atoms with Crippen LogP contribution in [-0.4, -0.2) is 76.5 Å². The number of nitrogens with one attached hydrogen (secondary N) is 3. The van der Waals surface area contributed by atoms with Crippen LogP contribution in [0.5, 0.6) is 0 Å². The second-order valence-corrected chi connectivity index (χ2v) is 8.01. The quantitative estimate of drug-likeness (QED) is 0.111. The lowest BCUT2D eigenvalue weighted by Gasteiger charge is -2.24. The Balaban J connectivity index is 2.99. The first-order valence-corrected chi connectivity index (χ1v) is 11.1. The molecule has 0 aromatic heterocycles. The molecule has 0 radical (unpaired) electrons. The number of nitrogens with two attached hydrogens (primary N) is 3. The number of carboxylic acids is 1. The molecule has 0 heterocycles. The third-order valence-corrected chi connectivity index (χ3v) is 5.06. The standard InChI is InChI=1S/C22H32N6O8/c23-13(10-12-4-2-1-3-5-12)19(32)26-14(6-8-17(24)30)20(33)27-15(7-9-18(25)31)21(34)28-16(11-29)22(35)36/h1-5,13-16,29H,6-11,23H2,(H2,24,30)(H2,25,31)(H,26,32)(H,27,33)(H,28,34)(H,35,36). The maximum absolute atomic E-state index is 12.9. The zero-order valence-corrected chi connectivity index (χ0v) is 19.5. The van der Waals surface area contributed by atoms with Gasteiger partial charge in [-0.15, -0.1) is 0 Å². The van der Waals surface area contributed by atoms with Gasteiger partial charge >= 0.3 is 5.97 Å². The number of hydrogen-bond acceptors (Lipinski definition) is 8. The van der Waals surface area contributed by atoms with E-state index in [0.29, 0.717) is 0 Å². The number of rotatable bonds is 16. The lowest BCUT2D eigenvalue weighted by atomic mass is 10.0. The number of aliphatic hydroxyl groups is 1. The van der Waals surface area contributed by atoms with E-state index in [2.05, 4.69) is 10.6 Å². The first-order chi connectivity index (χ1) is 16.9. The van der Waals surface area contributed by atoms with E-state index in [4.69, 9.17) is 27.4 Å². The molecule has 0 saturated carbocycles. The lowest BCUT2D eigenvalue weighted by molar-refractivity contribution is -0.143. The molecule has 0 fully saturated rings. The second-order valence-electron chi connectivity index (χ2n) is 8.01. The minimum absolute atomic E-state index is 0.165. The summed E-state index contributed by atoms with van der Waals surface area (Å²) in [6.07, 6.45) is -0.970. The third-order valence-electron chi connectivity index (χ3n) is 5.06. The molecule has 0 aliphatic carbocycles. The molecule has 14 nitrogen and oxygen atoms in total. The number of amides is 5. The number of carboxylic acid groups (broad SMARTS) is 1. The van der Waals surface area contributed by atoms with Gasteiger partial charge < -0.3 is 43.4 Å². The summed E-state index contributed by atoms with van der Waals surface area (Å²) in [6.45, 7) is -0.922. The van der Waals surface area contributed by atoms with Crippen molar-refractivity contribution in [3.8, 4) is 0 Å². The topological polar surface area (TPSA) is 257 Å². The van der Waals surface area contributed by atoms with Crippen LogP contribution in [0, 0.1) is 0 Å². The molecule has 0 spiro atoms. The molecule has 1 aromatic carbocycles. The summed E-state index contributed by atoms with van der Waals surface area (Å²) in [5.41, 5.74) is 17.0. The number of carbonyl (C=O) groups excluding carboxylic acids is 5. The van der Waals surface area contributed by atoms with Crippen LogP contribution in [0.25, 0.3) is 0 Å². The predicted molar refractivity (Wildman–Crippen MR) is 125 cm³/mol. The summed E-state index contributed by atoms with van der Waals surface area (Å²) in [7, 11) is 0. The van der Waals surface area contributed by atoms with Gasteiger partial charge in [-0.25, -0.2) is 4.79 Å². The van der Waals surface area contributed by atoms with Crippen molar-refractivity contribution in [3.63, 3.8) is 0 Å². The van der Waals surface area contributed by atoms with Gasteiger partial charge in [-0.05, 0) is 24.8 Å². The molecule has 4 atom stereocenters. The molecule has 5 amide bonds. The van der Waals surface area contributed by atoms with E-state index in [1.807, 2.05) is 5.32 Å². The van der Waals surface area contributed by atoms with Gasteiger partial charge in [0.2, 0.25) is 29.5 Å². The van der Waals surface area contributed by atoms with Crippen molar-refractivity contribution in [1.82, 2.24) is 16.0 Å². The van der Waals surface area contributed by atoms with E-state index >= 15 is 0 Å². The highest BCUT2D eigenvalue weighted by molar-refractivity contribution is 5.94. The molecule has 1 aromatic rings. The van der Waals surface area contributed by atoms with E-state index in [9.17, 15) is 28.8 Å². The van der Waals surface area contributed by atoms with Gasteiger partial charge in [0.05, 0.1) is 12.6 Å². The van der Waals surface area contributed by atoms with E-state index in [1.54, 1.807) is 30.3 Å². The highest BCUT2D eigenvalue weighted by Crippen LogP contribution is 2.06. The van der Waals surface area contributed by atoms with Crippen LogP contribution in [0.15, 0.2) is 30.3 Å². The van der Waals surface area contributed by atoms with Crippen molar-refractivity contribution in [1.29, 1.82) is 0 Å². The van der Waals surface area contributed by atoms with Crippen molar-refractivity contribution in [2.75, 3.05) is 6.61 Å². The van der Waals surface area contributed by atoms with Crippen molar-refractivity contribution < 1.29 is 39.0 Å². The molecule has 0 bridgehead atoms. The van der Waals surface area contributed by atoms with E-state index < -0.39 is 66.3 Å². The van der Waals surface area contributed by atoms with Crippen molar-refractivity contribution in [2.45, 2.75) is 56.3 Å². The summed E-state index contributed by atoms with van der Waals surface area (Å²) in [4.78, 5) is 71.7. The minimum atomic E-state index is -1.66. The Hall–Kier alpha value is -4.04. The molecule has 11 N–H and O–H groups in total. The van der Waals surface area contributed by atoms with Crippen LogP contribution >= 0.6 is 0 Å². The number of aliphatic carboxylic acids is 1. The summed E-state index contributed by atoms with van der Waals surface area (Å²) in [6, 6.07) is 3.40. The van der Waals surface area contributed by atoms with Crippen molar-refractivity contribution in [3.05, 3.63) is 35.9 Å². The fourth-order valence-corrected chi connectivity index (χ4v) is 3.08. The summed E-state index contributed by atoms with van der Waals surface area (Å²) < 4.78 is 0. The van der Waals surface area contributed by atoms with Gasteiger partial charge in [0.1, 0.15) is 18.1 Å². The number of carbonyl (C=O) groups is 6. The van der Waals surface area contributed by atoms with Crippen LogP contribution in [-0.2, 0) is 35.2 Å².